The highest BCUT2D eigenvalue weighted by Crippen LogP contribution is 2.06. The lowest BCUT2D eigenvalue weighted by Crippen LogP contribution is -2.26. The smallest absolute Gasteiger partial charge is 0.354 e. The Hall–Kier alpha value is -1.46. The molecule has 0 bridgehead atoms. The standard InChI is InChI=1S/C12H16N2O3/c15-12(16)11-4-1-3-10(13-11)9-14-5-2-7-17-8-6-14/h1,3-4H,2,5-9H2,(H,15,16). The fraction of sp³-hybridized carbons (Fsp3) is 0.500. The number of ether oxygens (including phenoxy) is 1. The van der Waals surface area contributed by atoms with Crippen LogP contribution < -0.4 is 0 Å². The number of aromatic carboxylic acids is 1. The first-order chi connectivity index (χ1) is 8.25. The third-order valence-electron chi connectivity index (χ3n) is 2.73. The van der Waals surface area contributed by atoms with Gasteiger partial charge in [-0.05, 0) is 18.6 Å². The van der Waals surface area contributed by atoms with Crippen molar-refractivity contribution in [3.05, 3.63) is 29.6 Å². The van der Waals surface area contributed by atoms with E-state index in [0.29, 0.717) is 6.54 Å². The van der Waals surface area contributed by atoms with Gasteiger partial charge in [0.05, 0.1) is 12.3 Å². The molecule has 1 aromatic rings. The lowest BCUT2D eigenvalue weighted by molar-refractivity contribution is 0.0690. The number of nitrogens with zero attached hydrogens (tertiary/aromatic N) is 2. The van der Waals surface area contributed by atoms with E-state index in [4.69, 9.17) is 9.84 Å². The second kappa shape index (κ2) is 5.75. The van der Waals surface area contributed by atoms with E-state index in [2.05, 4.69) is 9.88 Å². The molecule has 0 aliphatic carbocycles. The molecule has 1 fully saturated rings. The van der Waals surface area contributed by atoms with Gasteiger partial charge in [-0.25, -0.2) is 9.78 Å². The van der Waals surface area contributed by atoms with Gasteiger partial charge in [0.2, 0.25) is 0 Å². The number of carboxylic acid groups (broad SMARTS) is 1. The third kappa shape index (κ3) is 3.51. The van der Waals surface area contributed by atoms with Crippen molar-refractivity contribution < 1.29 is 14.6 Å². The van der Waals surface area contributed by atoms with Crippen LogP contribution in [0.3, 0.4) is 0 Å². The first kappa shape index (κ1) is 12.0. The highest BCUT2D eigenvalue weighted by atomic mass is 16.5. The van der Waals surface area contributed by atoms with Crippen molar-refractivity contribution >= 4 is 5.97 Å². The van der Waals surface area contributed by atoms with E-state index in [1.807, 2.05) is 6.07 Å². The van der Waals surface area contributed by atoms with Gasteiger partial charge in [0.15, 0.2) is 0 Å². The van der Waals surface area contributed by atoms with Gasteiger partial charge in [0, 0.05) is 26.2 Å². The number of rotatable bonds is 3. The lowest BCUT2D eigenvalue weighted by Gasteiger charge is -2.18. The van der Waals surface area contributed by atoms with Gasteiger partial charge in [0.1, 0.15) is 5.69 Å². The summed E-state index contributed by atoms with van der Waals surface area (Å²) >= 11 is 0. The van der Waals surface area contributed by atoms with Crippen LogP contribution >= 0.6 is 0 Å². The first-order valence-corrected chi connectivity index (χ1v) is 5.75. The van der Waals surface area contributed by atoms with Gasteiger partial charge in [-0.2, -0.15) is 0 Å². The zero-order valence-electron chi connectivity index (χ0n) is 9.63. The Bertz CT molecular complexity index is 387. The maximum absolute atomic E-state index is 10.8. The van der Waals surface area contributed by atoms with Crippen LogP contribution in [0.25, 0.3) is 0 Å². The average Bonchev–Trinajstić information content (AvgIpc) is 2.58. The molecule has 0 radical (unpaired) electrons. The van der Waals surface area contributed by atoms with Crippen molar-refractivity contribution in [2.24, 2.45) is 0 Å². The van der Waals surface area contributed by atoms with E-state index in [9.17, 15) is 4.79 Å². The summed E-state index contributed by atoms with van der Waals surface area (Å²) in [6, 6.07) is 5.11. The van der Waals surface area contributed by atoms with Crippen LogP contribution in [0.15, 0.2) is 18.2 Å². The fourth-order valence-electron chi connectivity index (χ4n) is 1.87. The summed E-state index contributed by atoms with van der Waals surface area (Å²) in [5, 5.41) is 8.86. The number of hydrogen-bond acceptors (Lipinski definition) is 4. The highest BCUT2D eigenvalue weighted by molar-refractivity contribution is 5.85. The molecule has 0 spiro atoms. The lowest BCUT2D eigenvalue weighted by atomic mass is 10.2. The van der Waals surface area contributed by atoms with Gasteiger partial charge < -0.3 is 9.84 Å². The molecule has 0 aromatic carbocycles. The van der Waals surface area contributed by atoms with Gasteiger partial charge in [0.25, 0.3) is 0 Å². The van der Waals surface area contributed by atoms with Crippen LogP contribution in [-0.2, 0) is 11.3 Å². The molecule has 0 saturated carbocycles. The summed E-state index contributed by atoms with van der Waals surface area (Å²) in [7, 11) is 0. The highest BCUT2D eigenvalue weighted by Gasteiger charge is 2.11. The molecule has 0 unspecified atom stereocenters. The largest absolute Gasteiger partial charge is 0.477 e. The number of aromatic nitrogens is 1. The number of carboxylic acids is 1. The Kier molecular flexibility index (Phi) is 4.06. The average molecular weight is 236 g/mol. The summed E-state index contributed by atoms with van der Waals surface area (Å²) < 4.78 is 5.37. The van der Waals surface area contributed by atoms with E-state index in [0.717, 1.165) is 38.4 Å². The molecule has 5 nitrogen and oxygen atoms in total. The molecular weight excluding hydrogens is 220 g/mol. The minimum atomic E-state index is -0.981. The number of hydrogen-bond donors (Lipinski definition) is 1. The molecule has 5 heteroatoms. The van der Waals surface area contributed by atoms with Crippen molar-refractivity contribution in [3.8, 4) is 0 Å². The normalized spacial score (nSPS) is 17.6. The Morgan fingerprint density at radius 2 is 2.29 bits per heavy atom. The molecular formula is C12H16N2O3. The van der Waals surface area contributed by atoms with E-state index < -0.39 is 5.97 Å². The second-order valence-electron chi connectivity index (χ2n) is 4.06. The molecule has 1 N–H and O–H groups in total. The molecule has 0 amide bonds. The second-order valence-corrected chi connectivity index (χ2v) is 4.06. The van der Waals surface area contributed by atoms with E-state index >= 15 is 0 Å². The Labute approximate surface area is 100 Å². The van der Waals surface area contributed by atoms with Crippen LogP contribution in [-0.4, -0.2) is 47.3 Å². The van der Waals surface area contributed by atoms with E-state index in [1.165, 1.54) is 6.07 Å². The summed E-state index contributed by atoms with van der Waals surface area (Å²) in [5.74, 6) is -0.981. The maximum Gasteiger partial charge on any atom is 0.354 e. The molecule has 2 heterocycles. The van der Waals surface area contributed by atoms with Gasteiger partial charge in [-0.15, -0.1) is 0 Å². The van der Waals surface area contributed by atoms with Crippen LogP contribution in [0.2, 0.25) is 0 Å². The van der Waals surface area contributed by atoms with Crippen LogP contribution in [0, 0.1) is 0 Å². The number of pyridine rings is 1. The zero-order valence-corrected chi connectivity index (χ0v) is 9.63. The SMILES string of the molecule is O=C(O)c1cccc(CN2CCCOCC2)n1. The Balaban J connectivity index is 2.01. The third-order valence-corrected chi connectivity index (χ3v) is 2.73. The Morgan fingerprint density at radius 3 is 3.12 bits per heavy atom. The van der Waals surface area contributed by atoms with Gasteiger partial charge in [-0.1, -0.05) is 6.07 Å². The minimum Gasteiger partial charge on any atom is -0.477 e. The monoisotopic (exact) mass is 236 g/mol. The predicted octanol–water partition coefficient (Wildman–Crippen LogP) is 1.00. The fourth-order valence-corrected chi connectivity index (χ4v) is 1.87. The minimum absolute atomic E-state index is 0.105. The topological polar surface area (TPSA) is 62.7 Å². The first-order valence-electron chi connectivity index (χ1n) is 5.75. The molecule has 2 rings (SSSR count). The van der Waals surface area contributed by atoms with Crippen molar-refractivity contribution in [2.75, 3.05) is 26.3 Å². The summed E-state index contributed by atoms with van der Waals surface area (Å²) in [4.78, 5) is 17.2. The van der Waals surface area contributed by atoms with Gasteiger partial charge in [-0.3, -0.25) is 4.90 Å². The molecule has 1 saturated heterocycles. The van der Waals surface area contributed by atoms with Gasteiger partial charge >= 0.3 is 5.97 Å². The summed E-state index contributed by atoms with van der Waals surface area (Å²) in [6.07, 6.45) is 1.01. The Morgan fingerprint density at radius 1 is 1.41 bits per heavy atom. The van der Waals surface area contributed by atoms with E-state index in [1.54, 1.807) is 6.07 Å². The van der Waals surface area contributed by atoms with Crippen molar-refractivity contribution in [3.63, 3.8) is 0 Å². The molecule has 1 aliphatic rings. The summed E-state index contributed by atoms with van der Waals surface area (Å²) in [5.41, 5.74) is 0.903. The molecule has 17 heavy (non-hydrogen) atoms. The van der Waals surface area contributed by atoms with E-state index in [-0.39, 0.29) is 5.69 Å². The molecule has 1 aromatic heterocycles. The molecule has 92 valence electrons. The predicted molar refractivity (Wildman–Crippen MR) is 61.9 cm³/mol. The summed E-state index contributed by atoms with van der Waals surface area (Å²) in [6.45, 7) is 4.07. The molecule has 1 aliphatic heterocycles. The van der Waals surface area contributed by atoms with Crippen molar-refractivity contribution in [1.29, 1.82) is 0 Å². The van der Waals surface area contributed by atoms with Crippen LogP contribution in [0.5, 0.6) is 0 Å². The maximum atomic E-state index is 10.8. The van der Waals surface area contributed by atoms with Crippen molar-refractivity contribution in [2.45, 2.75) is 13.0 Å². The quantitative estimate of drug-likeness (QED) is 0.848. The zero-order chi connectivity index (χ0) is 12.1. The van der Waals surface area contributed by atoms with Crippen LogP contribution in [0.4, 0.5) is 0 Å². The molecule has 0 atom stereocenters. The van der Waals surface area contributed by atoms with Crippen LogP contribution in [0.1, 0.15) is 22.6 Å². The number of carbonyl (C=O) groups is 1. The van der Waals surface area contributed by atoms with Crippen molar-refractivity contribution in [1.82, 2.24) is 9.88 Å².